The van der Waals surface area contributed by atoms with Crippen molar-refractivity contribution >= 4 is 17.6 Å². The van der Waals surface area contributed by atoms with Crippen molar-refractivity contribution in [2.24, 2.45) is 0 Å². The first kappa shape index (κ1) is 16.8. The Kier molecular flexibility index (Phi) is 5.15. The first-order chi connectivity index (χ1) is 12.2. The summed E-state index contributed by atoms with van der Waals surface area (Å²) >= 11 is 0. The van der Waals surface area contributed by atoms with E-state index < -0.39 is 5.97 Å². The van der Waals surface area contributed by atoms with Crippen molar-refractivity contribution in [3.05, 3.63) is 53.6 Å². The third kappa shape index (κ3) is 4.07. The van der Waals surface area contributed by atoms with Crippen molar-refractivity contribution in [2.45, 2.75) is 6.54 Å². The number of hydrogen-bond donors (Lipinski definition) is 2. The van der Waals surface area contributed by atoms with Gasteiger partial charge in [-0.05, 0) is 29.8 Å². The maximum Gasteiger partial charge on any atom is 0.339 e. The van der Waals surface area contributed by atoms with E-state index in [4.69, 9.17) is 14.2 Å². The molecule has 0 unspecified atom stereocenters. The molecule has 1 heterocycles. The normalized spacial score (nSPS) is 11.9. The standard InChI is InChI=1S/C18H18N2O5/c1-23-18(22)13-4-2-3-5-14(13)20-17(21)10-19-9-12-6-7-15-16(8-12)25-11-24-15/h2-8,19H,9-11H2,1H3,(H,20,21). The first-order valence-electron chi connectivity index (χ1n) is 7.74. The zero-order chi connectivity index (χ0) is 17.6. The Morgan fingerprint density at radius 3 is 2.76 bits per heavy atom. The number of methoxy groups -OCH3 is 1. The number of para-hydroxylation sites is 1. The molecule has 25 heavy (non-hydrogen) atoms. The summed E-state index contributed by atoms with van der Waals surface area (Å²) in [5.41, 5.74) is 1.71. The zero-order valence-corrected chi connectivity index (χ0v) is 13.7. The van der Waals surface area contributed by atoms with Crippen LogP contribution in [0.2, 0.25) is 0 Å². The van der Waals surface area contributed by atoms with Crippen molar-refractivity contribution in [1.29, 1.82) is 0 Å². The molecule has 1 aliphatic rings. The minimum absolute atomic E-state index is 0.101. The molecule has 0 atom stereocenters. The van der Waals surface area contributed by atoms with E-state index in [-0.39, 0.29) is 19.2 Å². The van der Waals surface area contributed by atoms with Gasteiger partial charge < -0.3 is 24.8 Å². The molecule has 2 aromatic carbocycles. The number of carbonyl (C=O) groups is 2. The van der Waals surface area contributed by atoms with Crippen molar-refractivity contribution in [3.63, 3.8) is 0 Å². The predicted octanol–water partition coefficient (Wildman–Crippen LogP) is 1.93. The largest absolute Gasteiger partial charge is 0.465 e. The Morgan fingerprint density at radius 2 is 1.92 bits per heavy atom. The summed E-state index contributed by atoms with van der Waals surface area (Å²) in [5.74, 6) is 0.679. The second-order valence-electron chi connectivity index (χ2n) is 5.38. The molecule has 0 spiro atoms. The maximum absolute atomic E-state index is 12.1. The maximum atomic E-state index is 12.1. The van der Waals surface area contributed by atoms with Crippen LogP contribution < -0.4 is 20.1 Å². The third-order valence-corrected chi connectivity index (χ3v) is 3.66. The molecule has 7 heteroatoms. The lowest BCUT2D eigenvalue weighted by Gasteiger charge is -2.10. The lowest BCUT2D eigenvalue weighted by atomic mass is 10.2. The second kappa shape index (κ2) is 7.67. The molecule has 0 saturated carbocycles. The monoisotopic (exact) mass is 342 g/mol. The van der Waals surface area contributed by atoms with Gasteiger partial charge in [-0.15, -0.1) is 0 Å². The molecule has 0 radical (unpaired) electrons. The van der Waals surface area contributed by atoms with Gasteiger partial charge in [0, 0.05) is 6.54 Å². The highest BCUT2D eigenvalue weighted by molar-refractivity contribution is 6.01. The molecule has 0 aromatic heterocycles. The highest BCUT2D eigenvalue weighted by atomic mass is 16.7. The van der Waals surface area contributed by atoms with Crippen LogP contribution in [0.5, 0.6) is 11.5 Å². The minimum Gasteiger partial charge on any atom is -0.465 e. The molecule has 0 bridgehead atoms. The summed E-state index contributed by atoms with van der Waals surface area (Å²) in [6.07, 6.45) is 0. The van der Waals surface area contributed by atoms with Crippen LogP contribution in [-0.2, 0) is 16.1 Å². The van der Waals surface area contributed by atoms with Gasteiger partial charge >= 0.3 is 5.97 Å². The minimum atomic E-state index is -0.496. The number of anilines is 1. The van der Waals surface area contributed by atoms with Crippen molar-refractivity contribution in [3.8, 4) is 11.5 Å². The molecule has 3 rings (SSSR count). The molecule has 0 saturated heterocycles. The van der Waals surface area contributed by atoms with E-state index in [1.807, 2.05) is 18.2 Å². The number of hydrogen-bond acceptors (Lipinski definition) is 6. The lowest BCUT2D eigenvalue weighted by Crippen LogP contribution is -2.28. The van der Waals surface area contributed by atoms with E-state index in [9.17, 15) is 9.59 Å². The van der Waals surface area contributed by atoms with E-state index >= 15 is 0 Å². The van der Waals surface area contributed by atoms with Gasteiger partial charge in [0.25, 0.3) is 0 Å². The fourth-order valence-corrected chi connectivity index (χ4v) is 2.45. The number of nitrogens with one attached hydrogen (secondary N) is 2. The number of carbonyl (C=O) groups excluding carboxylic acids is 2. The fourth-order valence-electron chi connectivity index (χ4n) is 2.45. The van der Waals surface area contributed by atoms with Crippen LogP contribution in [0.1, 0.15) is 15.9 Å². The number of benzene rings is 2. The highest BCUT2D eigenvalue weighted by Crippen LogP contribution is 2.32. The zero-order valence-electron chi connectivity index (χ0n) is 13.7. The lowest BCUT2D eigenvalue weighted by molar-refractivity contribution is -0.115. The van der Waals surface area contributed by atoms with Crippen molar-refractivity contribution < 1.29 is 23.8 Å². The molecule has 1 amide bonds. The van der Waals surface area contributed by atoms with Gasteiger partial charge in [0.05, 0.1) is 24.9 Å². The Balaban J connectivity index is 1.53. The second-order valence-corrected chi connectivity index (χ2v) is 5.38. The van der Waals surface area contributed by atoms with Gasteiger partial charge in [-0.2, -0.15) is 0 Å². The molecular weight excluding hydrogens is 324 g/mol. The summed E-state index contributed by atoms with van der Waals surface area (Å²) in [6, 6.07) is 12.3. The van der Waals surface area contributed by atoms with E-state index in [0.717, 1.165) is 11.3 Å². The molecule has 2 N–H and O–H groups in total. The topological polar surface area (TPSA) is 85.9 Å². The summed E-state index contributed by atoms with van der Waals surface area (Å²) in [4.78, 5) is 23.8. The van der Waals surface area contributed by atoms with Crippen LogP contribution in [0.4, 0.5) is 5.69 Å². The Labute approximate surface area is 144 Å². The SMILES string of the molecule is COC(=O)c1ccccc1NC(=O)CNCc1ccc2c(c1)OCO2. The van der Waals surface area contributed by atoms with E-state index in [1.165, 1.54) is 7.11 Å². The smallest absolute Gasteiger partial charge is 0.339 e. The average molecular weight is 342 g/mol. The quantitative estimate of drug-likeness (QED) is 0.780. The van der Waals surface area contributed by atoms with Crippen LogP contribution in [0.15, 0.2) is 42.5 Å². The van der Waals surface area contributed by atoms with Gasteiger partial charge in [-0.25, -0.2) is 4.79 Å². The van der Waals surface area contributed by atoms with Gasteiger partial charge in [0.1, 0.15) is 0 Å². The van der Waals surface area contributed by atoms with E-state index in [0.29, 0.717) is 23.5 Å². The van der Waals surface area contributed by atoms with Crippen molar-refractivity contribution in [1.82, 2.24) is 5.32 Å². The summed E-state index contributed by atoms with van der Waals surface area (Å²) in [7, 11) is 1.30. The van der Waals surface area contributed by atoms with Crippen LogP contribution in [0.3, 0.4) is 0 Å². The summed E-state index contributed by atoms with van der Waals surface area (Å²) in [5, 5.41) is 5.76. The molecule has 0 aliphatic carbocycles. The Hall–Kier alpha value is -3.06. The van der Waals surface area contributed by atoms with Crippen LogP contribution >= 0.6 is 0 Å². The molecule has 0 fully saturated rings. The van der Waals surface area contributed by atoms with Crippen molar-refractivity contribution in [2.75, 3.05) is 25.8 Å². The number of fused-ring (bicyclic) bond motifs is 1. The van der Waals surface area contributed by atoms with E-state index in [1.54, 1.807) is 24.3 Å². The molecular formula is C18H18N2O5. The number of amides is 1. The molecule has 7 nitrogen and oxygen atoms in total. The van der Waals surface area contributed by atoms with Crippen LogP contribution in [-0.4, -0.2) is 32.3 Å². The predicted molar refractivity (Wildman–Crippen MR) is 90.7 cm³/mol. The first-order valence-corrected chi connectivity index (χ1v) is 7.74. The Morgan fingerprint density at radius 1 is 1.12 bits per heavy atom. The van der Waals surface area contributed by atoms with E-state index in [2.05, 4.69) is 10.6 Å². The molecule has 2 aromatic rings. The summed E-state index contributed by atoms with van der Waals surface area (Å²) in [6.45, 7) is 0.834. The van der Waals surface area contributed by atoms with Gasteiger partial charge in [0.2, 0.25) is 12.7 Å². The molecule has 130 valence electrons. The van der Waals surface area contributed by atoms with Crippen LogP contribution in [0, 0.1) is 0 Å². The average Bonchev–Trinajstić information content (AvgIpc) is 3.09. The van der Waals surface area contributed by atoms with Gasteiger partial charge in [-0.3, -0.25) is 4.79 Å². The molecule has 1 aliphatic heterocycles. The van der Waals surface area contributed by atoms with Gasteiger partial charge in [-0.1, -0.05) is 18.2 Å². The Bertz CT molecular complexity index is 791. The summed E-state index contributed by atoms with van der Waals surface area (Å²) < 4.78 is 15.3. The fraction of sp³-hybridized carbons (Fsp3) is 0.222. The van der Waals surface area contributed by atoms with Gasteiger partial charge in [0.15, 0.2) is 11.5 Å². The number of esters is 1. The van der Waals surface area contributed by atoms with Crippen LogP contribution in [0.25, 0.3) is 0 Å². The number of ether oxygens (including phenoxy) is 3. The third-order valence-electron chi connectivity index (χ3n) is 3.66. The highest BCUT2D eigenvalue weighted by Gasteiger charge is 2.14. The number of rotatable bonds is 6.